The van der Waals surface area contributed by atoms with Crippen molar-refractivity contribution < 1.29 is 0 Å². The van der Waals surface area contributed by atoms with Crippen molar-refractivity contribution in [3.63, 3.8) is 0 Å². The maximum absolute atomic E-state index is 6.37. The predicted octanol–water partition coefficient (Wildman–Crippen LogP) is 6.44. The van der Waals surface area contributed by atoms with E-state index in [0.717, 1.165) is 38.5 Å². The number of hydrogen-bond donors (Lipinski definition) is 1. The van der Waals surface area contributed by atoms with Gasteiger partial charge in [-0.15, -0.1) is 0 Å². The highest BCUT2D eigenvalue weighted by molar-refractivity contribution is 7.80. The van der Waals surface area contributed by atoms with Gasteiger partial charge in [0.25, 0.3) is 0 Å². The van der Waals surface area contributed by atoms with E-state index in [0.29, 0.717) is 6.04 Å². The van der Waals surface area contributed by atoms with Crippen molar-refractivity contribution in [3.8, 4) is 0 Å². The molecule has 0 bridgehead atoms. The van der Waals surface area contributed by atoms with E-state index >= 15 is 0 Å². The van der Waals surface area contributed by atoms with Crippen LogP contribution in [0.15, 0.2) is 42.5 Å². The van der Waals surface area contributed by atoms with Crippen molar-refractivity contribution in [3.05, 3.63) is 63.6 Å². The Balaban J connectivity index is 1.79. The van der Waals surface area contributed by atoms with E-state index in [9.17, 15) is 0 Å². The Labute approximate surface area is 165 Å². The summed E-state index contributed by atoms with van der Waals surface area (Å²) in [4.78, 5) is 2.29. The van der Waals surface area contributed by atoms with E-state index in [2.05, 4.69) is 16.3 Å². The molecule has 2 nitrogen and oxygen atoms in total. The fourth-order valence-electron chi connectivity index (χ4n) is 3.31. The first-order chi connectivity index (χ1) is 12.0. The van der Waals surface area contributed by atoms with Crippen LogP contribution in [0, 0.1) is 6.92 Å². The normalized spacial score (nSPS) is 14.5. The molecule has 2 aromatic carbocycles. The summed E-state index contributed by atoms with van der Waals surface area (Å²) in [6.45, 7) is 2.72. The molecular formula is C20H22Cl2N2S. The molecule has 3 rings (SSSR count). The number of halogens is 2. The maximum Gasteiger partial charge on any atom is 0.173 e. The summed E-state index contributed by atoms with van der Waals surface area (Å²) in [5.41, 5.74) is 3.11. The Kier molecular flexibility index (Phi) is 6.21. The van der Waals surface area contributed by atoms with E-state index in [1.54, 1.807) is 0 Å². The number of thiocarbonyl (C=S) groups is 1. The molecule has 5 heteroatoms. The number of anilines is 1. The number of hydrogen-bond acceptors (Lipinski definition) is 1. The molecular weight excluding hydrogens is 371 g/mol. The summed E-state index contributed by atoms with van der Waals surface area (Å²) >= 11 is 18.2. The van der Waals surface area contributed by atoms with Crippen molar-refractivity contribution in [2.75, 3.05) is 5.32 Å². The lowest BCUT2D eigenvalue weighted by Crippen LogP contribution is -2.41. The molecule has 0 heterocycles. The molecule has 2 aromatic rings. The van der Waals surface area contributed by atoms with E-state index < -0.39 is 0 Å². The first kappa shape index (κ1) is 18.5. The van der Waals surface area contributed by atoms with Gasteiger partial charge in [-0.25, -0.2) is 0 Å². The molecule has 0 aliphatic heterocycles. The molecule has 0 amide bonds. The van der Waals surface area contributed by atoms with Crippen molar-refractivity contribution in [2.24, 2.45) is 0 Å². The van der Waals surface area contributed by atoms with Crippen LogP contribution in [0.5, 0.6) is 0 Å². The molecule has 132 valence electrons. The lowest BCUT2D eigenvalue weighted by Gasteiger charge is -2.32. The Hall–Kier alpha value is -1.29. The average Bonchev–Trinajstić information content (AvgIpc) is 3.11. The van der Waals surface area contributed by atoms with Gasteiger partial charge in [-0.2, -0.15) is 0 Å². The molecule has 0 spiro atoms. The Morgan fingerprint density at radius 3 is 2.52 bits per heavy atom. The number of nitrogens with one attached hydrogen (secondary N) is 1. The zero-order valence-electron chi connectivity index (χ0n) is 14.3. The summed E-state index contributed by atoms with van der Waals surface area (Å²) < 4.78 is 0. The molecule has 0 aromatic heterocycles. The summed E-state index contributed by atoms with van der Waals surface area (Å²) in [7, 11) is 0. The monoisotopic (exact) mass is 392 g/mol. The topological polar surface area (TPSA) is 15.3 Å². The minimum absolute atomic E-state index is 0.463. The first-order valence-electron chi connectivity index (χ1n) is 8.62. The fourth-order valence-corrected chi connectivity index (χ4v) is 3.96. The number of benzene rings is 2. The van der Waals surface area contributed by atoms with Crippen LogP contribution in [-0.2, 0) is 6.54 Å². The van der Waals surface area contributed by atoms with Crippen molar-refractivity contribution in [1.29, 1.82) is 0 Å². The second-order valence-electron chi connectivity index (χ2n) is 6.55. The minimum Gasteiger partial charge on any atom is -0.342 e. The summed E-state index contributed by atoms with van der Waals surface area (Å²) in [5, 5.41) is 5.68. The van der Waals surface area contributed by atoms with Gasteiger partial charge in [-0.1, -0.05) is 54.2 Å². The van der Waals surface area contributed by atoms with Crippen molar-refractivity contribution >= 4 is 46.2 Å². The first-order valence-corrected chi connectivity index (χ1v) is 9.78. The van der Waals surface area contributed by atoms with Crippen LogP contribution in [0.4, 0.5) is 5.69 Å². The molecule has 0 saturated heterocycles. The third kappa shape index (κ3) is 4.66. The van der Waals surface area contributed by atoms with Crippen LogP contribution in [0.3, 0.4) is 0 Å². The highest BCUT2D eigenvalue weighted by atomic mass is 35.5. The fraction of sp³-hybridized carbons (Fsp3) is 0.350. The molecule has 1 fully saturated rings. The van der Waals surface area contributed by atoms with Crippen molar-refractivity contribution in [1.82, 2.24) is 4.90 Å². The van der Waals surface area contributed by atoms with Crippen LogP contribution in [0.25, 0.3) is 0 Å². The van der Waals surface area contributed by atoms with Gasteiger partial charge in [0.05, 0.1) is 0 Å². The standard InChI is InChI=1S/C20H22Cl2N2S/c1-14-12-16(10-11-18(14)21)23-20(25)24(17-7-3-4-8-17)13-15-6-2-5-9-19(15)22/h2,5-6,9-12,17H,3-4,7-8,13H2,1H3,(H,23,25). The van der Waals surface area contributed by atoms with Gasteiger partial charge in [-0.3, -0.25) is 0 Å². The second-order valence-corrected chi connectivity index (χ2v) is 7.75. The van der Waals surface area contributed by atoms with Gasteiger partial charge >= 0.3 is 0 Å². The molecule has 1 aliphatic rings. The highest BCUT2D eigenvalue weighted by Gasteiger charge is 2.25. The Morgan fingerprint density at radius 1 is 1.12 bits per heavy atom. The minimum atomic E-state index is 0.463. The van der Waals surface area contributed by atoms with E-state index in [-0.39, 0.29) is 0 Å². The molecule has 1 N–H and O–H groups in total. The Bertz CT molecular complexity index is 757. The van der Waals surface area contributed by atoms with Gasteiger partial charge < -0.3 is 10.2 Å². The molecule has 1 saturated carbocycles. The van der Waals surface area contributed by atoms with Gasteiger partial charge in [0.15, 0.2) is 5.11 Å². The molecule has 25 heavy (non-hydrogen) atoms. The maximum atomic E-state index is 6.37. The van der Waals surface area contributed by atoms with Gasteiger partial charge in [0.2, 0.25) is 0 Å². The summed E-state index contributed by atoms with van der Waals surface area (Å²) in [5.74, 6) is 0. The molecule has 1 aliphatic carbocycles. The molecule has 0 radical (unpaired) electrons. The van der Waals surface area contributed by atoms with Crippen LogP contribution in [-0.4, -0.2) is 16.1 Å². The van der Waals surface area contributed by atoms with Crippen LogP contribution in [0.2, 0.25) is 10.0 Å². The predicted molar refractivity (Wildman–Crippen MR) is 112 cm³/mol. The van der Waals surface area contributed by atoms with E-state index in [1.807, 2.05) is 43.3 Å². The quantitative estimate of drug-likeness (QED) is 0.602. The second kappa shape index (κ2) is 8.39. The third-order valence-corrected chi connectivity index (χ3v) is 5.86. The van der Waals surface area contributed by atoms with Gasteiger partial charge in [0.1, 0.15) is 0 Å². The lowest BCUT2D eigenvalue weighted by molar-refractivity contribution is 0.312. The van der Waals surface area contributed by atoms with E-state index in [1.165, 1.54) is 25.7 Å². The zero-order chi connectivity index (χ0) is 17.8. The number of aryl methyl sites for hydroxylation is 1. The van der Waals surface area contributed by atoms with Crippen LogP contribution < -0.4 is 5.32 Å². The summed E-state index contributed by atoms with van der Waals surface area (Å²) in [6.07, 6.45) is 4.86. The van der Waals surface area contributed by atoms with Gasteiger partial charge in [0, 0.05) is 28.3 Å². The van der Waals surface area contributed by atoms with Crippen molar-refractivity contribution in [2.45, 2.75) is 45.2 Å². The number of nitrogens with zero attached hydrogens (tertiary/aromatic N) is 1. The summed E-state index contributed by atoms with van der Waals surface area (Å²) in [6, 6.07) is 14.3. The SMILES string of the molecule is Cc1cc(NC(=S)N(Cc2ccccc2Cl)C2CCCC2)ccc1Cl. The third-order valence-electron chi connectivity index (χ3n) is 4.73. The molecule has 0 atom stereocenters. The van der Waals surface area contributed by atoms with E-state index in [4.69, 9.17) is 35.4 Å². The Morgan fingerprint density at radius 2 is 1.84 bits per heavy atom. The van der Waals surface area contributed by atoms with Gasteiger partial charge in [-0.05, 0) is 67.4 Å². The average molecular weight is 393 g/mol. The van der Waals surface area contributed by atoms with Crippen LogP contribution in [0.1, 0.15) is 36.8 Å². The molecule has 0 unspecified atom stereocenters. The zero-order valence-corrected chi connectivity index (χ0v) is 16.6. The highest BCUT2D eigenvalue weighted by Crippen LogP contribution is 2.28. The smallest absolute Gasteiger partial charge is 0.173 e. The largest absolute Gasteiger partial charge is 0.342 e. The van der Waals surface area contributed by atoms with Crippen LogP contribution >= 0.6 is 35.4 Å². The lowest BCUT2D eigenvalue weighted by atomic mass is 10.1. The number of rotatable bonds is 4.